The molecule has 0 bridgehead atoms. The van der Waals surface area contributed by atoms with Crippen LogP contribution in [-0.4, -0.2) is 35.6 Å². The van der Waals surface area contributed by atoms with Gasteiger partial charge < -0.3 is 4.43 Å². The third-order valence-corrected chi connectivity index (χ3v) is 12.5. The number of halogens is 3. The van der Waals surface area contributed by atoms with Crippen LogP contribution >= 0.6 is 0 Å². The van der Waals surface area contributed by atoms with Crippen molar-refractivity contribution in [2.45, 2.75) is 115 Å². The predicted molar refractivity (Wildman–Crippen MR) is 110 cm³/mol. The fourth-order valence-electron chi connectivity index (χ4n) is 3.23. The largest absolute Gasteiger partial charge is 0.414 e. The van der Waals surface area contributed by atoms with Crippen LogP contribution in [0, 0.1) is 5.41 Å². The SMILES string of the molecule is CC(NS(=O)C(C)(C)C)C1(C(F)(F)F)CCC(O[Si](C)(C)C(C)(C)C)CC1. The normalized spacial score (nSPS) is 28.1. The van der Waals surface area contributed by atoms with E-state index in [1.807, 2.05) is 0 Å². The maximum atomic E-state index is 14.1. The molecule has 1 saturated carbocycles. The molecule has 0 saturated heterocycles. The highest BCUT2D eigenvalue weighted by molar-refractivity contribution is 7.84. The highest BCUT2D eigenvalue weighted by Crippen LogP contribution is 2.52. The number of hydrogen-bond donors (Lipinski definition) is 1. The molecule has 8 heteroatoms. The summed E-state index contributed by atoms with van der Waals surface area (Å²) in [6.07, 6.45) is -3.68. The summed E-state index contributed by atoms with van der Waals surface area (Å²) in [5.74, 6) is 0. The van der Waals surface area contributed by atoms with Crippen LogP contribution < -0.4 is 4.72 Å². The quantitative estimate of drug-likeness (QED) is 0.549. The van der Waals surface area contributed by atoms with Gasteiger partial charge in [0.2, 0.25) is 0 Å². The van der Waals surface area contributed by atoms with Gasteiger partial charge >= 0.3 is 6.18 Å². The number of hydrogen-bond acceptors (Lipinski definition) is 2. The van der Waals surface area contributed by atoms with E-state index in [2.05, 4.69) is 38.6 Å². The Labute approximate surface area is 166 Å². The molecule has 2 unspecified atom stereocenters. The van der Waals surface area contributed by atoms with E-state index in [4.69, 9.17) is 4.43 Å². The third kappa shape index (κ3) is 5.79. The maximum absolute atomic E-state index is 14.1. The van der Waals surface area contributed by atoms with Gasteiger partial charge in [-0.05, 0) is 71.5 Å². The number of nitrogens with one attached hydrogen (secondary N) is 1. The number of rotatable bonds is 5. The molecule has 0 amide bonds. The minimum absolute atomic E-state index is 0.00526. The molecule has 0 radical (unpaired) electrons. The Morgan fingerprint density at radius 1 is 1.07 bits per heavy atom. The van der Waals surface area contributed by atoms with Crippen LogP contribution in [0.25, 0.3) is 0 Å². The average Bonchev–Trinajstić information content (AvgIpc) is 2.44. The summed E-state index contributed by atoms with van der Waals surface area (Å²) in [5.41, 5.74) is -1.86. The van der Waals surface area contributed by atoms with Crippen LogP contribution in [0.2, 0.25) is 18.1 Å². The lowest BCUT2D eigenvalue weighted by molar-refractivity contribution is -0.245. The second-order valence-electron chi connectivity index (χ2n) is 10.5. The van der Waals surface area contributed by atoms with Gasteiger partial charge in [-0.3, -0.25) is 0 Å². The van der Waals surface area contributed by atoms with E-state index in [1.165, 1.54) is 6.92 Å². The van der Waals surface area contributed by atoms with E-state index in [0.717, 1.165) is 0 Å². The molecule has 1 aliphatic rings. The summed E-state index contributed by atoms with van der Waals surface area (Å²) in [6, 6.07) is -0.911. The zero-order valence-electron chi connectivity index (χ0n) is 18.3. The first-order valence-corrected chi connectivity index (χ1v) is 13.8. The van der Waals surface area contributed by atoms with Crippen molar-refractivity contribution in [2.24, 2.45) is 5.41 Å². The van der Waals surface area contributed by atoms with Crippen LogP contribution in [0.1, 0.15) is 74.1 Å². The van der Waals surface area contributed by atoms with Crippen molar-refractivity contribution in [1.29, 1.82) is 0 Å². The Bertz CT molecular complexity index is 531. The van der Waals surface area contributed by atoms with Crippen molar-refractivity contribution in [2.75, 3.05) is 0 Å². The third-order valence-electron chi connectivity index (χ3n) is 6.33. The molecular weight excluding hydrogens is 391 g/mol. The van der Waals surface area contributed by atoms with Crippen molar-refractivity contribution in [3.8, 4) is 0 Å². The Kier molecular flexibility index (Phi) is 7.51. The summed E-state index contributed by atoms with van der Waals surface area (Å²) >= 11 is 0. The minimum atomic E-state index is -4.34. The van der Waals surface area contributed by atoms with E-state index in [0.29, 0.717) is 12.8 Å². The molecule has 1 N–H and O–H groups in total. The topological polar surface area (TPSA) is 38.3 Å². The molecule has 3 nitrogen and oxygen atoms in total. The van der Waals surface area contributed by atoms with Gasteiger partial charge in [0.1, 0.15) is 0 Å². The zero-order valence-corrected chi connectivity index (χ0v) is 20.2. The molecule has 27 heavy (non-hydrogen) atoms. The van der Waals surface area contributed by atoms with Gasteiger partial charge in [-0.25, -0.2) is 8.93 Å². The lowest BCUT2D eigenvalue weighted by atomic mass is 9.68. The van der Waals surface area contributed by atoms with Crippen LogP contribution in [0.15, 0.2) is 0 Å². The van der Waals surface area contributed by atoms with Crippen LogP contribution in [0.4, 0.5) is 13.2 Å². The second kappa shape index (κ2) is 8.07. The van der Waals surface area contributed by atoms with Gasteiger partial charge in [0.15, 0.2) is 8.32 Å². The van der Waals surface area contributed by atoms with E-state index in [9.17, 15) is 17.4 Å². The maximum Gasteiger partial charge on any atom is 0.396 e. The highest BCUT2D eigenvalue weighted by Gasteiger charge is 2.59. The summed E-state index contributed by atoms with van der Waals surface area (Å²) in [7, 11) is -3.55. The molecule has 1 rings (SSSR count). The van der Waals surface area contributed by atoms with Crippen molar-refractivity contribution < 1.29 is 21.8 Å². The Hall–Kier alpha value is 0.0769. The molecule has 0 aromatic carbocycles. The average molecular weight is 430 g/mol. The molecule has 0 aromatic rings. The first-order chi connectivity index (χ1) is 11.8. The van der Waals surface area contributed by atoms with Crippen molar-refractivity contribution in [3.05, 3.63) is 0 Å². The van der Waals surface area contributed by atoms with Crippen LogP contribution in [0.3, 0.4) is 0 Å². The van der Waals surface area contributed by atoms with Gasteiger partial charge in [0, 0.05) is 12.1 Å². The molecular formula is C19H38F3NO2SSi. The van der Waals surface area contributed by atoms with Gasteiger partial charge in [-0.15, -0.1) is 0 Å². The van der Waals surface area contributed by atoms with Gasteiger partial charge in [0.25, 0.3) is 0 Å². The van der Waals surface area contributed by atoms with Crippen molar-refractivity contribution >= 4 is 19.3 Å². The van der Waals surface area contributed by atoms with E-state index < -0.39 is 41.7 Å². The monoisotopic (exact) mass is 429 g/mol. The first kappa shape index (κ1) is 25.1. The van der Waals surface area contributed by atoms with E-state index in [-0.39, 0.29) is 24.0 Å². The van der Waals surface area contributed by atoms with Gasteiger partial charge in [0.05, 0.1) is 21.1 Å². The lowest BCUT2D eigenvalue weighted by Gasteiger charge is -2.47. The molecule has 162 valence electrons. The fourth-order valence-corrected chi connectivity index (χ4v) is 5.55. The molecule has 2 atom stereocenters. The predicted octanol–water partition coefficient (Wildman–Crippen LogP) is 5.94. The Morgan fingerprint density at radius 3 is 1.85 bits per heavy atom. The summed E-state index contributed by atoms with van der Waals surface area (Å²) < 4.78 is 63.1. The molecule has 1 fully saturated rings. The smallest absolute Gasteiger partial charge is 0.396 e. The van der Waals surface area contributed by atoms with Gasteiger partial charge in [-0.1, -0.05) is 20.8 Å². The van der Waals surface area contributed by atoms with Crippen molar-refractivity contribution in [1.82, 2.24) is 4.72 Å². The molecule has 0 heterocycles. The molecule has 1 aliphatic carbocycles. The zero-order chi connectivity index (χ0) is 21.5. The lowest BCUT2D eigenvalue weighted by Crippen LogP contribution is -2.57. The Balaban J connectivity index is 2.93. The van der Waals surface area contributed by atoms with E-state index >= 15 is 0 Å². The van der Waals surface area contributed by atoms with Crippen molar-refractivity contribution in [3.63, 3.8) is 0 Å². The molecule has 0 spiro atoms. The minimum Gasteiger partial charge on any atom is -0.414 e. The van der Waals surface area contributed by atoms with Crippen LogP contribution in [0.5, 0.6) is 0 Å². The van der Waals surface area contributed by atoms with E-state index in [1.54, 1.807) is 20.8 Å². The first-order valence-electron chi connectivity index (χ1n) is 9.76. The fraction of sp³-hybridized carbons (Fsp3) is 1.00. The van der Waals surface area contributed by atoms with Crippen LogP contribution in [-0.2, 0) is 15.4 Å². The molecule has 0 aromatic heterocycles. The standard InChI is InChI=1S/C19H38F3NO2SSi/c1-14(23-26(24)16(2,3)4)18(19(20,21)22)12-10-15(11-13-18)25-27(8,9)17(5,6)7/h14-15,23H,10-13H2,1-9H3. The molecule has 0 aliphatic heterocycles. The summed E-state index contributed by atoms with van der Waals surface area (Å²) in [5, 5.41) is 0.0318. The van der Waals surface area contributed by atoms with Gasteiger partial charge in [-0.2, -0.15) is 13.2 Å². The summed E-state index contributed by atoms with van der Waals surface area (Å²) in [6.45, 7) is 17.5. The second-order valence-corrected chi connectivity index (χ2v) is 17.2. The highest BCUT2D eigenvalue weighted by atomic mass is 32.2. The Morgan fingerprint density at radius 2 is 1.52 bits per heavy atom. The summed E-state index contributed by atoms with van der Waals surface area (Å²) in [4.78, 5) is 0. The number of alkyl halides is 3.